The molecule has 0 bridgehead atoms. The van der Waals surface area contributed by atoms with Gasteiger partial charge in [0.2, 0.25) is 5.91 Å². The highest BCUT2D eigenvalue weighted by atomic mass is 16.2. The standard InChI is InChI=1S/C19H26N4O/c24-19(16-23-13-5-10-21-23)20-14-17-6-8-18(9-7-17)15-22-11-3-1-2-4-12-22/h5-10,13H,1-4,11-12,14-16H2,(H,20,24). The number of carbonyl (C=O) groups excluding carboxylic acids is 1. The van der Waals surface area contributed by atoms with Crippen molar-refractivity contribution in [2.24, 2.45) is 0 Å². The molecule has 0 saturated carbocycles. The molecule has 1 aromatic carbocycles. The predicted molar refractivity (Wildman–Crippen MR) is 94.3 cm³/mol. The number of hydrogen-bond donors (Lipinski definition) is 1. The molecule has 128 valence electrons. The zero-order chi connectivity index (χ0) is 16.6. The van der Waals surface area contributed by atoms with Crippen molar-refractivity contribution in [3.05, 3.63) is 53.9 Å². The lowest BCUT2D eigenvalue weighted by atomic mass is 10.1. The van der Waals surface area contributed by atoms with E-state index < -0.39 is 0 Å². The first-order valence-electron chi connectivity index (χ1n) is 8.84. The van der Waals surface area contributed by atoms with Gasteiger partial charge in [0.1, 0.15) is 6.54 Å². The van der Waals surface area contributed by atoms with Crippen LogP contribution in [0.3, 0.4) is 0 Å². The van der Waals surface area contributed by atoms with E-state index >= 15 is 0 Å². The summed E-state index contributed by atoms with van der Waals surface area (Å²) in [5.74, 6) is -0.0210. The number of carbonyl (C=O) groups is 1. The second kappa shape index (κ2) is 8.64. The topological polar surface area (TPSA) is 50.2 Å². The van der Waals surface area contributed by atoms with Crippen molar-refractivity contribution in [1.29, 1.82) is 0 Å². The zero-order valence-corrected chi connectivity index (χ0v) is 14.2. The van der Waals surface area contributed by atoms with Crippen LogP contribution in [0.1, 0.15) is 36.8 Å². The van der Waals surface area contributed by atoms with E-state index in [1.807, 2.05) is 6.07 Å². The van der Waals surface area contributed by atoms with Gasteiger partial charge in [0.25, 0.3) is 0 Å². The van der Waals surface area contributed by atoms with Crippen molar-refractivity contribution in [2.75, 3.05) is 13.1 Å². The molecule has 0 radical (unpaired) electrons. The molecule has 2 aromatic rings. The van der Waals surface area contributed by atoms with E-state index in [0.717, 1.165) is 12.1 Å². The lowest BCUT2D eigenvalue weighted by Crippen LogP contribution is -2.27. The summed E-state index contributed by atoms with van der Waals surface area (Å²) >= 11 is 0. The Bertz CT molecular complexity index is 613. The van der Waals surface area contributed by atoms with Crippen molar-refractivity contribution >= 4 is 5.91 Å². The summed E-state index contributed by atoms with van der Waals surface area (Å²) in [4.78, 5) is 14.4. The van der Waals surface area contributed by atoms with Crippen molar-refractivity contribution in [2.45, 2.75) is 45.3 Å². The normalized spacial score (nSPS) is 15.8. The number of nitrogens with zero attached hydrogens (tertiary/aromatic N) is 3. The van der Waals surface area contributed by atoms with Crippen LogP contribution in [0.2, 0.25) is 0 Å². The fourth-order valence-corrected chi connectivity index (χ4v) is 3.11. The highest BCUT2D eigenvalue weighted by Crippen LogP contribution is 2.13. The highest BCUT2D eigenvalue weighted by molar-refractivity contribution is 5.75. The molecule has 3 rings (SSSR count). The van der Waals surface area contributed by atoms with Crippen molar-refractivity contribution in [3.8, 4) is 0 Å². The minimum atomic E-state index is -0.0210. The third-order valence-electron chi connectivity index (χ3n) is 4.48. The third kappa shape index (κ3) is 5.20. The fraction of sp³-hybridized carbons (Fsp3) is 0.474. The molecule has 0 unspecified atom stereocenters. The van der Waals surface area contributed by atoms with Gasteiger partial charge in [-0.1, -0.05) is 37.1 Å². The second-order valence-electron chi connectivity index (χ2n) is 6.49. The average Bonchev–Trinajstić information content (AvgIpc) is 2.96. The summed E-state index contributed by atoms with van der Waals surface area (Å²) < 4.78 is 1.62. The molecule has 1 aromatic heterocycles. The van der Waals surface area contributed by atoms with Crippen molar-refractivity contribution < 1.29 is 4.79 Å². The van der Waals surface area contributed by atoms with E-state index in [4.69, 9.17) is 0 Å². The maximum atomic E-state index is 11.9. The molecule has 0 spiro atoms. The Morgan fingerprint density at radius 1 is 1.04 bits per heavy atom. The van der Waals surface area contributed by atoms with Crippen LogP contribution in [0, 0.1) is 0 Å². The molecule has 1 N–H and O–H groups in total. The lowest BCUT2D eigenvalue weighted by Gasteiger charge is -2.19. The van der Waals surface area contributed by atoms with E-state index in [-0.39, 0.29) is 12.5 Å². The zero-order valence-electron chi connectivity index (χ0n) is 14.2. The first-order valence-corrected chi connectivity index (χ1v) is 8.84. The van der Waals surface area contributed by atoms with Crippen molar-refractivity contribution in [3.63, 3.8) is 0 Å². The van der Waals surface area contributed by atoms with Crippen LogP contribution >= 0.6 is 0 Å². The summed E-state index contributed by atoms with van der Waals surface area (Å²) in [6, 6.07) is 10.4. The molecule has 1 fully saturated rings. The largest absolute Gasteiger partial charge is 0.350 e. The Morgan fingerprint density at radius 2 is 1.75 bits per heavy atom. The van der Waals surface area contributed by atoms with Gasteiger partial charge in [-0.25, -0.2) is 0 Å². The quantitative estimate of drug-likeness (QED) is 0.887. The minimum absolute atomic E-state index is 0.0210. The van der Waals surface area contributed by atoms with Crippen LogP contribution in [0.15, 0.2) is 42.7 Å². The van der Waals surface area contributed by atoms with Crippen LogP contribution < -0.4 is 5.32 Å². The second-order valence-corrected chi connectivity index (χ2v) is 6.49. The summed E-state index contributed by atoms with van der Waals surface area (Å²) in [5, 5.41) is 6.97. The molecule has 1 aliphatic heterocycles. The molecule has 5 nitrogen and oxygen atoms in total. The predicted octanol–water partition coefficient (Wildman–Crippen LogP) is 2.58. The van der Waals surface area contributed by atoms with Gasteiger partial charge >= 0.3 is 0 Å². The first-order chi connectivity index (χ1) is 11.8. The average molecular weight is 326 g/mol. The number of amides is 1. The Balaban J connectivity index is 1.44. The Labute approximate surface area is 143 Å². The maximum Gasteiger partial charge on any atom is 0.241 e. The van der Waals surface area contributed by atoms with E-state index in [1.54, 1.807) is 17.1 Å². The number of aromatic nitrogens is 2. The fourth-order valence-electron chi connectivity index (χ4n) is 3.11. The summed E-state index contributed by atoms with van der Waals surface area (Å²) in [7, 11) is 0. The third-order valence-corrected chi connectivity index (χ3v) is 4.48. The molecule has 0 atom stereocenters. The van der Waals surface area contributed by atoms with Gasteiger partial charge in [-0.15, -0.1) is 0 Å². The van der Waals surface area contributed by atoms with Gasteiger partial charge in [-0.3, -0.25) is 14.4 Å². The van der Waals surface area contributed by atoms with Gasteiger partial charge < -0.3 is 5.32 Å². The van der Waals surface area contributed by atoms with Gasteiger partial charge in [-0.05, 0) is 43.1 Å². The van der Waals surface area contributed by atoms with Crippen LogP contribution in [-0.4, -0.2) is 33.7 Å². The van der Waals surface area contributed by atoms with Crippen LogP contribution in [0.5, 0.6) is 0 Å². The van der Waals surface area contributed by atoms with Gasteiger partial charge in [0.15, 0.2) is 0 Å². The number of nitrogens with one attached hydrogen (secondary N) is 1. The minimum Gasteiger partial charge on any atom is -0.350 e. The van der Waals surface area contributed by atoms with Gasteiger partial charge in [0, 0.05) is 25.5 Å². The molecule has 1 aliphatic rings. The van der Waals surface area contributed by atoms with Crippen molar-refractivity contribution in [1.82, 2.24) is 20.0 Å². The summed E-state index contributed by atoms with van der Waals surface area (Å²) in [6.45, 7) is 4.28. The molecule has 5 heteroatoms. The van der Waals surface area contributed by atoms with Crippen LogP contribution in [0.4, 0.5) is 0 Å². The molecule has 0 aliphatic carbocycles. The van der Waals surface area contributed by atoms with Crippen LogP contribution in [-0.2, 0) is 24.4 Å². The van der Waals surface area contributed by atoms with E-state index in [2.05, 4.69) is 39.6 Å². The molecular weight excluding hydrogens is 300 g/mol. The smallest absolute Gasteiger partial charge is 0.241 e. The lowest BCUT2D eigenvalue weighted by molar-refractivity contribution is -0.122. The van der Waals surface area contributed by atoms with E-state index in [9.17, 15) is 4.79 Å². The number of benzene rings is 1. The molecule has 1 amide bonds. The Kier molecular flexibility index (Phi) is 6.01. The monoisotopic (exact) mass is 326 g/mol. The van der Waals surface area contributed by atoms with Crippen LogP contribution in [0.25, 0.3) is 0 Å². The Hall–Kier alpha value is -2.14. The maximum absolute atomic E-state index is 11.9. The van der Waals surface area contributed by atoms with Gasteiger partial charge in [0.05, 0.1) is 0 Å². The molecule has 24 heavy (non-hydrogen) atoms. The molecule has 2 heterocycles. The van der Waals surface area contributed by atoms with E-state index in [1.165, 1.54) is 44.3 Å². The Morgan fingerprint density at radius 3 is 2.42 bits per heavy atom. The summed E-state index contributed by atoms with van der Waals surface area (Å²) in [6.07, 6.45) is 8.84. The number of rotatable bonds is 6. The highest BCUT2D eigenvalue weighted by Gasteiger charge is 2.09. The van der Waals surface area contributed by atoms with Gasteiger partial charge in [-0.2, -0.15) is 5.10 Å². The molecule has 1 saturated heterocycles. The first kappa shape index (κ1) is 16.7. The summed E-state index contributed by atoms with van der Waals surface area (Å²) in [5.41, 5.74) is 2.48. The number of likely N-dealkylation sites (tertiary alicyclic amines) is 1. The molecular formula is C19H26N4O. The SMILES string of the molecule is O=C(Cn1cccn1)NCc1ccc(CN2CCCCCC2)cc1. The van der Waals surface area contributed by atoms with E-state index in [0.29, 0.717) is 6.54 Å². The number of hydrogen-bond acceptors (Lipinski definition) is 3.